The quantitative estimate of drug-likeness (QED) is 0.239. The molecule has 2 aliphatic rings. The van der Waals surface area contributed by atoms with Gasteiger partial charge in [0.05, 0.1) is 41.6 Å². The van der Waals surface area contributed by atoms with Gasteiger partial charge in [0.1, 0.15) is 5.75 Å². The highest BCUT2D eigenvalue weighted by Crippen LogP contribution is 2.48. The monoisotopic (exact) mass is 552 g/mol. The molecular weight excluding hydrogens is 520 g/mol. The first-order chi connectivity index (χ1) is 20.5. The molecule has 0 radical (unpaired) electrons. The molecule has 0 bridgehead atoms. The lowest BCUT2D eigenvalue weighted by Crippen LogP contribution is -2.46. The molecule has 5 aromatic rings. The summed E-state index contributed by atoms with van der Waals surface area (Å²) in [5, 5.41) is 8.59. The number of nitrogens with one attached hydrogen (secondary N) is 1. The van der Waals surface area contributed by atoms with E-state index in [1.807, 2.05) is 59.3 Å². The van der Waals surface area contributed by atoms with Gasteiger partial charge in [0.2, 0.25) is 0 Å². The molecule has 42 heavy (non-hydrogen) atoms. The zero-order chi connectivity index (χ0) is 28.8. The molecule has 0 saturated carbocycles. The van der Waals surface area contributed by atoms with E-state index in [1.54, 1.807) is 7.11 Å². The number of amidine groups is 2. The fourth-order valence-electron chi connectivity index (χ4n) is 5.80. The molecule has 7 rings (SSSR count). The highest BCUT2D eigenvalue weighted by atomic mass is 16.5. The van der Waals surface area contributed by atoms with Crippen molar-refractivity contribution in [1.29, 1.82) is 0 Å². The van der Waals surface area contributed by atoms with Crippen molar-refractivity contribution in [2.45, 2.75) is 32.7 Å². The number of hydrogen-bond donors (Lipinski definition) is 1. The van der Waals surface area contributed by atoms with Crippen LogP contribution in [0.3, 0.4) is 0 Å². The Hall–Kier alpha value is -5.17. The molecule has 1 atom stereocenters. The molecular formula is C35H32N6O. The molecule has 1 N–H and O–H groups in total. The van der Waals surface area contributed by atoms with Crippen LogP contribution in [0.2, 0.25) is 0 Å². The lowest BCUT2D eigenvalue weighted by Gasteiger charge is -2.40. The molecule has 1 aromatic heterocycles. The summed E-state index contributed by atoms with van der Waals surface area (Å²) in [5.41, 5.74) is 8.13. The van der Waals surface area contributed by atoms with E-state index >= 15 is 0 Å². The summed E-state index contributed by atoms with van der Waals surface area (Å²) < 4.78 is 7.61. The second-order valence-corrected chi connectivity index (χ2v) is 10.9. The number of aromatic nitrogens is 2. The minimum absolute atomic E-state index is 0.169. The summed E-state index contributed by atoms with van der Waals surface area (Å²) in [6.07, 6.45) is 0. The number of rotatable bonds is 5. The number of aliphatic imine (C=N–C) groups is 2. The Kier molecular flexibility index (Phi) is 6.35. The third kappa shape index (κ3) is 4.25. The molecule has 0 saturated heterocycles. The van der Waals surface area contributed by atoms with Crippen LogP contribution in [-0.2, 0) is 0 Å². The van der Waals surface area contributed by atoms with Crippen LogP contribution in [0.4, 0.5) is 22.9 Å². The number of ether oxygens (including phenoxy) is 1. The predicted octanol–water partition coefficient (Wildman–Crippen LogP) is 8.11. The van der Waals surface area contributed by atoms with E-state index in [0.29, 0.717) is 11.8 Å². The summed E-state index contributed by atoms with van der Waals surface area (Å²) >= 11 is 0. The van der Waals surface area contributed by atoms with Crippen LogP contribution in [0.25, 0.3) is 5.69 Å². The molecule has 3 heterocycles. The maximum Gasteiger partial charge on any atom is 0.179 e. The Labute approximate surface area is 245 Å². The molecule has 0 spiro atoms. The molecule has 0 unspecified atom stereocenters. The van der Waals surface area contributed by atoms with Crippen LogP contribution in [0.1, 0.15) is 48.2 Å². The zero-order valence-corrected chi connectivity index (χ0v) is 24.1. The molecule has 7 heteroatoms. The third-order valence-electron chi connectivity index (χ3n) is 7.92. The van der Waals surface area contributed by atoms with E-state index in [-0.39, 0.29) is 6.04 Å². The molecule has 0 fully saturated rings. The Morgan fingerprint density at radius 3 is 2.29 bits per heavy atom. The first-order valence-corrected chi connectivity index (χ1v) is 14.2. The number of para-hydroxylation sites is 5. The number of fused-ring (bicyclic) bond motifs is 4. The second kappa shape index (κ2) is 10.3. The van der Waals surface area contributed by atoms with Gasteiger partial charge in [-0.1, -0.05) is 80.6 Å². The van der Waals surface area contributed by atoms with Gasteiger partial charge in [0.15, 0.2) is 17.5 Å². The van der Waals surface area contributed by atoms with Crippen LogP contribution in [-0.4, -0.2) is 28.6 Å². The standard InChI is InChI=1S/C35H32N6O/c1-22(2)24-18-20-25(21-19-24)32-31-23(3)39-41(26-12-6-5-7-13-26)34(31)38-35-33(37-28-15-9-11-17-30(28)42-4)36-27-14-8-10-16-29(27)40(32)35/h5-22,32H,1-4H3,(H,36,37)/t32-/m0/s1. The normalized spacial score (nSPS) is 15.4. The highest BCUT2D eigenvalue weighted by Gasteiger charge is 2.41. The SMILES string of the molecule is COc1ccccc1NC1=Nc2ccccc2N2C1=Nc1c(c(C)nn1-c1ccccc1)[C@@H]2c1ccc(C(C)C)cc1. The van der Waals surface area contributed by atoms with Gasteiger partial charge in [0, 0.05) is 5.56 Å². The molecule has 0 aliphatic carbocycles. The van der Waals surface area contributed by atoms with E-state index in [2.05, 4.69) is 79.5 Å². The van der Waals surface area contributed by atoms with Gasteiger partial charge in [-0.05, 0) is 60.4 Å². The average Bonchev–Trinajstić information content (AvgIpc) is 3.36. The van der Waals surface area contributed by atoms with Gasteiger partial charge in [-0.2, -0.15) is 5.10 Å². The number of hydrogen-bond acceptors (Lipinski definition) is 6. The van der Waals surface area contributed by atoms with Crippen LogP contribution < -0.4 is 15.0 Å². The summed E-state index contributed by atoms with van der Waals surface area (Å²) in [6, 6.07) is 35.1. The molecule has 7 nitrogen and oxygen atoms in total. The number of nitrogens with zero attached hydrogens (tertiary/aromatic N) is 5. The van der Waals surface area contributed by atoms with Crippen molar-refractivity contribution in [3.8, 4) is 11.4 Å². The first kappa shape index (κ1) is 25.8. The van der Waals surface area contributed by atoms with E-state index < -0.39 is 0 Å². The van der Waals surface area contributed by atoms with Crippen molar-refractivity contribution in [1.82, 2.24) is 9.78 Å². The maximum absolute atomic E-state index is 5.66. The summed E-state index contributed by atoms with van der Waals surface area (Å²) in [7, 11) is 1.67. The predicted molar refractivity (Wildman–Crippen MR) is 170 cm³/mol. The van der Waals surface area contributed by atoms with Crippen molar-refractivity contribution >= 4 is 34.6 Å². The van der Waals surface area contributed by atoms with Gasteiger partial charge in [0.25, 0.3) is 0 Å². The van der Waals surface area contributed by atoms with Crippen molar-refractivity contribution in [3.05, 3.63) is 126 Å². The average molecular weight is 553 g/mol. The van der Waals surface area contributed by atoms with Gasteiger partial charge in [-0.15, -0.1) is 0 Å². The number of aryl methyl sites for hydroxylation is 1. The topological polar surface area (TPSA) is 67.0 Å². The lowest BCUT2D eigenvalue weighted by atomic mass is 9.91. The van der Waals surface area contributed by atoms with Crippen molar-refractivity contribution in [2.24, 2.45) is 9.98 Å². The largest absolute Gasteiger partial charge is 0.495 e. The smallest absolute Gasteiger partial charge is 0.179 e. The van der Waals surface area contributed by atoms with Gasteiger partial charge in [-0.3, -0.25) is 0 Å². The molecule has 208 valence electrons. The Balaban J connectivity index is 1.48. The van der Waals surface area contributed by atoms with Crippen LogP contribution in [0.5, 0.6) is 5.75 Å². The fraction of sp³-hybridized carbons (Fsp3) is 0.171. The van der Waals surface area contributed by atoms with E-state index in [9.17, 15) is 0 Å². The van der Waals surface area contributed by atoms with E-state index in [1.165, 1.54) is 5.56 Å². The van der Waals surface area contributed by atoms with Crippen molar-refractivity contribution in [3.63, 3.8) is 0 Å². The maximum atomic E-state index is 5.66. The highest BCUT2D eigenvalue weighted by molar-refractivity contribution is 6.51. The first-order valence-electron chi connectivity index (χ1n) is 14.2. The number of anilines is 2. The number of benzene rings is 4. The lowest BCUT2D eigenvalue weighted by molar-refractivity contribution is 0.417. The molecule has 2 aliphatic heterocycles. The van der Waals surface area contributed by atoms with Crippen LogP contribution in [0.15, 0.2) is 113 Å². The zero-order valence-electron chi connectivity index (χ0n) is 24.1. The Morgan fingerprint density at radius 1 is 0.810 bits per heavy atom. The third-order valence-corrected chi connectivity index (χ3v) is 7.92. The van der Waals surface area contributed by atoms with E-state index in [4.69, 9.17) is 19.8 Å². The molecule has 0 amide bonds. The van der Waals surface area contributed by atoms with Gasteiger partial charge >= 0.3 is 0 Å². The number of methoxy groups -OCH3 is 1. The Bertz CT molecular complexity index is 1840. The minimum atomic E-state index is -0.169. The summed E-state index contributed by atoms with van der Waals surface area (Å²) in [4.78, 5) is 12.7. The molecule has 4 aromatic carbocycles. The summed E-state index contributed by atoms with van der Waals surface area (Å²) in [5.74, 6) is 3.35. The summed E-state index contributed by atoms with van der Waals surface area (Å²) in [6.45, 7) is 6.52. The van der Waals surface area contributed by atoms with E-state index in [0.717, 1.165) is 57.0 Å². The van der Waals surface area contributed by atoms with Crippen molar-refractivity contribution < 1.29 is 4.74 Å². The van der Waals surface area contributed by atoms with Crippen LogP contribution in [0, 0.1) is 6.92 Å². The second-order valence-electron chi connectivity index (χ2n) is 10.9. The Morgan fingerprint density at radius 2 is 1.52 bits per heavy atom. The fourth-order valence-corrected chi connectivity index (χ4v) is 5.80. The van der Waals surface area contributed by atoms with Gasteiger partial charge in [-0.25, -0.2) is 14.7 Å². The van der Waals surface area contributed by atoms with Crippen LogP contribution >= 0.6 is 0 Å². The van der Waals surface area contributed by atoms with Crippen molar-refractivity contribution in [2.75, 3.05) is 17.3 Å². The van der Waals surface area contributed by atoms with Gasteiger partial charge < -0.3 is 15.0 Å². The minimum Gasteiger partial charge on any atom is -0.495 e.